The maximum absolute atomic E-state index is 12.6. The average molecular weight is 385 g/mol. The van der Waals surface area contributed by atoms with Crippen LogP contribution in [0.4, 0.5) is 10.5 Å². The van der Waals surface area contributed by atoms with Crippen molar-refractivity contribution in [1.29, 1.82) is 0 Å². The third-order valence-electron chi connectivity index (χ3n) is 4.98. The van der Waals surface area contributed by atoms with E-state index in [2.05, 4.69) is 10.6 Å². The zero-order valence-electron chi connectivity index (χ0n) is 16.8. The average Bonchev–Trinajstić information content (AvgIpc) is 3.30. The van der Waals surface area contributed by atoms with Crippen LogP contribution in [-0.2, 0) is 0 Å². The summed E-state index contributed by atoms with van der Waals surface area (Å²) in [6.45, 7) is 7.18. The number of furan rings is 1. The van der Waals surface area contributed by atoms with Gasteiger partial charge in [0.1, 0.15) is 17.3 Å². The van der Waals surface area contributed by atoms with E-state index < -0.39 is 0 Å². The molecule has 7 heteroatoms. The molecule has 1 fully saturated rings. The van der Waals surface area contributed by atoms with Crippen LogP contribution in [0.25, 0.3) is 0 Å². The summed E-state index contributed by atoms with van der Waals surface area (Å²) in [5.74, 6) is 2.05. The Morgan fingerprint density at radius 2 is 1.89 bits per heavy atom. The van der Waals surface area contributed by atoms with Crippen molar-refractivity contribution < 1.29 is 18.7 Å². The molecule has 2 N–H and O–H groups in total. The number of carbonyl (C=O) groups is 2. The molecule has 0 spiro atoms. The molecule has 1 aromatic carbocycles. The van der Waals surface area contributed by atoms with Gasteiger partial charge in [0.2, 0.25) is 0 Å². The summed E-state index contributed by atoms with van der Waals surface area (Å²) in [6, 6.07) is 6.40. The van der Waals surface area contributed by atoms with Gasteiger partial charge in [0.25, 0.3) is 5.91 Å². The van der Waals surface area contributed by atoms with Crippen molar-refractivity contribution in [1.82, 2.24) is 10.2 Å². The lowest BCUT2D eigenvalue weighted by Crippen LogP contribution is -2.31. The molecule has 1 atom stereocenters. The quantitative estimate of drug-likeness (QED) is 0.814. The van der Waals surface area contributed by atoms with Crippen LogP contribution in [0.15, 0.2) is 28.7 Å². The molecule has 150 valence electrons. The minimum atomic E-state index is -0.380. The van der Waals surface area contributed by atoms with E-state index in [1.54, 1.807) is 18.2 Å². The highest BCUT2D eigenvalue weighted by atomic mass is 16.5. The number of urea groups is 1. The molecule has 1 unspecified atom stereocenters. The Balaban J connectivity index is 1.72. The fourth-order valence-electron chi connectivity index (χ4n) is 3.55. The minimum Gasteiger partial charge on any atom is -0.495 e. The molecule has 28 heavy (non-hydrogen) atoms. The molecule has 1 aromatic heterocycles. The molecule has 3 amide bonds. The molecular weight excluding hydrogens is 358 g/mol. The number of anilines is 1. The van der Waals surface area contributed by atoms with Gasteiger partial charge < -0.3 is 24.7 Å². The summed E-state index contributed by atoms with van der Waals surface area (Å²) in [5.41, 5.74) is 1.92. The molecule has 0 saturated carbocycles. The first-order chi connectivity index (χ1) is 13.4. The molecule has 1 aliphatic heterocycles. The Morgan fingerprint density at radius 3 is 2.50 bits per heavy atom. The lowest BCUT2D eigenvalue weighted by atomic mass is 10.1. The van der Waals surface area contributed by atoms with Crippen molar-refractivity contribution in [3.05, 3.63) is 46.9 Å². The van der Waals surface area contributed by atoms with Crippen molar-refractivity contribution in [3.63, 3.8) is 0 Å². The molecule has 0 aliphatic carbocycles. The molecule has 1 saturated heterocycles. The molecule has 2 heterocycles. The van der Waals surface area contributed by atoms with Crippen molar-refractivity contribution in [2.45, 2.75) is 39.7 Å². The summed E-state index contributed by atoms with van der Waals surface area (Å²) < 4.78 is 10.9. The highest BCUT2D eigenvalue weighted by Gasteiger charge is 2.21. The first-order valence-electron chi connectivity index (χ1n) is 9.51. The number of aryl methyl sites for hydroxylation is 2. The van der Waals surface area contributed by atoms with E-state index in [1.807, 2.05) is 31.7 Å². The van der Waals surface area contributed by atoms with E-state index in [9.17, 15) is 9.59 Å². The van der Waals surface area contributed by atoms with Gasteiger partial charge in [-0.05, 0) is 57.9 Å². The van der Waals surface area contributed by atoms with Crippen molar-refractivity contribution >= 4 is 17.6 Å². The van der Waals surface area contributed by atoms with E-state index in [-0.39, 0.29) is 18.0 Å². The number of hydrogen-bond donors (Lipinski definition) is 2. The second-order valence-corrected chi connectivity index (χ2v) is 7.10. The largest absolute Gasteiger partial charge is 0.495 e. The van der Waals surface area contributed by atoms with E-state index in [0.717, 1.165) is 43.0 Å². The second kappa shape index (κ2) is 8.37. The van der Waals surface area contributed by atoms with Crippen LogP contribution in [-0.4, -0.2) is 37.0 Å². The molecule has 1 aliphatic rings. The monoisotopic (exact) mass is 385 g/mol. The number of hydrogen-bond acceptors (Lipinski definition) is 4. The number of amides is 3. The Bertz CT molecular complexity index is 869. The van der Waals surface area contributed by atoms with Gasteiger partial charge in [0, 0.05) is 24.2 Å². The highest BCUT2D eigenvalue weighted by Crippen LogP contribution is 2.27. The van der Waals surface area contributed by atoms with Gasteiger partial charge in [-0.25, -0.2) is 4.79 Å². The first kappa shape index (κ1) is 19.8. The zero-order chi connectivity index (χ0) is 20.3. The van der Waals surface area contributed by atoms with Crippen molar-refractivity contribution in [3.8, 4) is 5.75 Å². The van der Waals surface area contributed by atoms with Gasteiger partial charge in [-0.1, -0.05) is 0 Å². The van der Waals surface area contributed by atoms with Crippen molar-refractivity contribution in [2.24, 2.45) is 0 Å². The summed E-state index contributed by atoms with van der Waals surface area (Å²) in [4.78, 5) is 27.0. The Morgan fingerprint density at radius 1 is 1.18 bits per heavy atom. The lowest BCUT2D eigenvalue weighted by Gasteiger charge is -2.18. The second-order valence-electron chi connectivity index (χ2n) is 7.10. The number of nitrogens with zero attached hydrogens (tertiary/aromatic N) is 1. The Hall–Kier alpha value is -2.96. The van der Waals surface area contributed by atoms with Crippen LogP contribution in [0.3, 0.4) is 0 Å². The highest BCUT2D eigenvalue weighted by molar-refractivity contribution is 5.98. The summed E-state index contributed by atoms with van der Waals surface area (Å²) in [5, 5.41) is 5.69. The molecule has 0 bridgehead atoms. The SMILES string of the molecule is COc1ccc(C(=O)N2CCCC2)cc1NC(=O)NC(C)c1cc(C)oc1C. The molecule has 7 nitrogen and oxygen atoms in total. The van der Waals surface area contributed by atoms with E-state index >= 15 is 0 Å². The molecule has 0 radical (unpaired) electrons. The fraction of sp³-hybridized carbons (Fsp3) is 0.429. The van der Waals surface area contributed by atoms with E-state index in [1.165, 1.54) is 7.11 Å². The number of nitrogens with one attached hydrogen (secondary N) is 2. The van der Waals surface area contributed by atoms with Gasteiger partial charge >= 0.3 is 6.03 Å². The van der Waals surface area contributed by atoms with Crippen LogP contribution in [0.2, 0.25) is 0 Å². The lowest BCUT2D eigenvalue weighted by molar-refractivity contribution is 0.0793. The number of rotatable bonds is 5. The fourth-order valence-corrected chi connectivity index (χ4v) is 3.55. The van der Waals surface area contributed by atoms with Crippen LogP contribution in [0.1, 0.15) is 53.2 Å². The minimum absolute atomic E-state index is 0.0264. The van der Waals surface area contributed by atoms with Gasteiger partial charge in [0.05, 0.1) is 18.8 Å². The summed E-state index contributed by atoms with van der Waals surface area (Å²) >= 11 is 0. The van der Waals surface area contributed by atoms with Crippen LogP contribution in [0, 0.1) is 13.8 Å². The topological polar surface area (TPSA) is 83.8 Å². The number of likely N-dealkylation sites (tertiary alicyclic amines) is 1. The Kier molecular flexibility index (Phi) is 5.92. The Labute approximate surface area is 165 Å². The standard InChI is InChI=1S/C21H27N3O4/c1-13-11-17(15(3)28-13)14(2)22-21(26)23-18-12-16(7-8-19(18)27-4)20(25)24-9-5-6-10-24/h7-8,11-12,14H,5-6,9-10H2,1-4H3,(H2,22,23,26). The predicted molar refractivity (Wildman–Crippen MR) is 107 cm³/mol. The zero-order valence-corrected chi connectivity index (χ0v) is 16.8. The van der Waals surface area contributed by atoms with E-state index in [0.29, 0.717) is 17.0 Å². The third-order valence-corrected chi connectivity index (χ3v) is 4.98. The van der Waals surface area contributed by atoms with Gasteiger partial charge in [-0.3, -0.25) is 4.79 Å². The first-order valence-corrected chi connectivity index (χ1v) is 9.51. The van der Waals surface area contributed by atoms with Gasteiger partial charge in [-0.15, -0.1) is 0 Å². The predicted octanol–water partition coefficient (Wildman–Crippen LogP) is 4.02. The number of carbonyl (C=O) groups excluding carboxylic acids is 2. The number of methoxy groups -OCH3 is 1. The third kappa shape index (κ3) is 4.30. The van der Waals surface area contributed by atoms with E-state index in [4.69, 9.17) is 9.15 Å². The van der Waals surface area contributed by atoms with Gasteiger partial charge in [-0.2, -0.15) is 0 Å². The molecular formula is C21H27N3O4. The normalized spacial score (nSPS) is 14.6. The molecule has 2 aromatic rings. The summed E-state index contributed by atoms with van der Waals surface area (Å²) in [7, 11) is 1.53. The maximum atomic E-state index is 12.6. The maximum Gasteiger partial charge on any atom is 0.319 e. The van der Waals surface area contributed by atoms with Gasteiger partial charge in [0.15, 0.2) is 0 Å². The van der Waals surface area contributed by atoms with Crippen LogP contribution < -0.4 is 15.4 Å². The van der Waals surface area contributed by atoms with Crippen molar-refractivity contribution in [2.75, 3.05) is 25.5 Å². The summed E-state index contributed by atoms with van der Waals surface area (Å²) in [6.07, 6.45) is 2.06. The molecule has 3 rings (SSSR count). The van der Waals surface area contributed by atoms with Crippen LogP contribution >= 0.6 is 0 Å². The smallest absolute Gasteiger partial charge is 0.319 e. The number of ether oxygens (including phenoxy) is 1. The van der Waals surface area contributed by atoms with Crippen LogP contribution in [0.5, 0.6) is 5.75 Å². The number of benzene rings is 1.